The van der Waals surface area contributed by atoms with Crippen LogP contribution in [0, 0.1) is 0 Å². The fraction of sp³-hybridized carbons (Fsp3) is 0.235. The van der Waals surface area contributed by atoms with E-state index in [-0.39, 0.29) is 12.5 Å². The van der Waals surface area contributed by atoms with Crippen LogP contribution in [0.25, 0.3) is 0 Å². The summed E-state index contributed by atoms with van der Waals surface area (Å²) in [5.74, 6) is -0.174. The Hall–Kier alpha value is -1.65. The van der Waals surface area contributed by atoms with Crippen LogP contribution >= 0.6 is 15.9 Å². The molecule has 108 valence electrons. The largest absolute Gasteiger partial charge is 0.387 e. The predicted molar refractivity (Wildman–Crippen MR) is 85.3 cm³/mol. The van der Waals surface area contributed by atoms with Crippen LogP contribution < -0.4 is 5.32 Å². The fourth-order valence-corrected chi connectivity index (χ4v) is 3.25. The zero-order valence-electron chi connectivity index (χ0n) is 11.5. The van der Waals surface area contributed by atoms with E-state index >= 15 is 0 Å². The third kappa shape index (κ3) is 3.01. The normalized spacial score (nSPS) is 15.5. The first-order valence-corrected chi connectivity index (χ1v) is 7.69. The number of hydrogen-bond acceptors (Lipinski definition) is 2. The first kappa shape index (κ1) is 14.3. The van der Waals surface area contributed by atoms with Crippen molar-refractivity contribution < 1.29 is 9.90 Å². The highest BCUT2D eigenvalue weighted by molar-refractivity contribution is 9.10. The minimum atomic E-state index is -0.888. The highest BCUT2D eigenvalue weighted by Gasteiger charge is 2.35. The van der Waals surface area contributed by atoms with Crippen LogP contribution in [0.2, 0.25) is 0 Å². The molecule has 0 unspecified atom stereocenters. The van der Waals surface area contributed by atoms with E-state index in [0.29, 0.717) is 18.4 Å². The molecule has 0 bridgehead atoms. The van der Waals surface area contributed by atoms with Crippen molar-refractivity contribution in [1.29, 1.82) is 0 Å². The molecule has 4 heteroatoms. The summed E-state index contributed by atoms with van der Waals surface area (Å²) in [6.07, 6.45) is 1.17. The lowest BCUT2D eigenvalue weighted by molar-refractivity contribution is 0.0479. The molecule has 2 N–H and O–H groups in total. The Morgan fingerprint density at radius 3 is 2.29 bits per heavy atom. The Balaban J connectivity index is 1.66. The van der Waals surface area contributed by atoms with Crippen LogP contribution in [0.3, 0.4) is 0 Å². The molecule has 0 atom stereocenters. The van der Waals surface area contributed by atoms with Gasteiger partial charge in [0.15, 0.2) is 0 Å². The second kappa shape index (κ2) is 5.62. The Morgan fingerprint density at radius 2 is 1.67 bits per heavy atom. The first-order valence-electron chi connectivity index (χ1n) is 6.89. The fourth-order valence-electron chi connectivity index (χ4n) is 2.78. The molecule has 1 aliphatic rings. The Morgan fingerprint density at radius 1 is 1.10 bits per heavy atom. The topological polar surface area (TPSA) is 49.3 Å². The van der Waals surface area contributed by atoms with Gasteiger partial charge < -0.3 is 10.4 Å². The Labute approximate surface area is 132 Å². The molecule has 2 aromatic carbocycles. The summed E-state index contributed by atoms with van der Waals surface area (Å²) in [6.45, 7) is 0.252. The maximum Gasteiger partial charge on any atom is 0.252 e. The van der Waals surface area contributed by atoms with E-state index in [1.165, 1.54) is 0 Å². The minimum Gasteiger partial charge on any atom is -0.387 e. The molecule has 0 heterocycles. The summed E-state index contributed by atoms with van der Waals surface area (Å²) < 4.78 is 0.754. The monoisotopic (exact) mass is 345 g/mol. The minimum absolute atomic E-state index is 0.174. The van der Waals surface area contributed by atoms with Gasteiger partial charge >= 0.3 is 0 Å². The van der Waals surface area contributed by atoms with Crippen molar-refractivity contribution >= 4 is 21.8 Å². The van der Waals surface area contributed by atoms with Gasteiger partial charge in [-0.05, 0) is 39.2 Å². The number of nitrogens with one attached hydrogen (secondary N) is 1. The number of benzene rings is 2. The van der Waals surface area contributed by atoms with Gasteiger partial charge in [0.05, 0.1) is 11.2 Å². The molecule has 21 heavy (non-hydrogen) atoms. The molecule has 3 rings (SSSR count). The predicted octanol–water partition coefficient (Wildman–Crippen LogP) is 2.71. The van der Waals surface area contributed by atoms with Gasteiger partial charge in [-0.1, -0.05) is 36.4 Å². The van der Waals surface area contributed by atoms with Crippen LogP contribution in [-0.2, 0) is 12.8 Å². The Kier molecular flexibility index (Phi) is 3.83. The number of carbonyl (C=O) groups excluding carboxylic acids is 1. The third-order valence-corrected chi connectivity index (χ3v) is 4.55. The van der Waals surface area contributed by atoms with Gasteiger partial charge in [0.25, 0.3) is 5.91 Å². The lowest BCUT2D eigenvalue weighted by Gasteiger charge is -2.22. The average Bonchev–Trinajstić information content (AvgIpc) is 2.82. The van der Waals surface area contributed by atoms with Gasteiger partial charge in [-0.2, -0.15) is 0 Å². The lowest BCUT2D eigenvalue weighted by atomic mass is 10.0. The maximum absolute atomic E-state index is 12.2. The molecular formula is C17H16BrNO2. The third-order valence-electron chi connectivity index (χ3n) is 3.85. The molecule has 0 radical (unpaired) electrons. The highest BCUT2D eigenvalue weighted by atomic mass is 79.9. The summed E-state index contributed by atoms with van der Waals surface area (Å²) in [5.41, 5.74) is 2.02. The summed E-state index contributed by atoms with van der Waals surface area (Å²) in [6, 6.07) is 15.3. The van der Waals surface area contributed by atoms with E-state index in [9.17, 15) is 9.90 Å². The van der Waals surface area contributed by atoms with Gasteiger partial charge in [-0.15, -0.1) is 0 Å². The second-order valence-electron chi connectivity index (χ2n) is 5.51. The highest BCUT2D eigenvalue weighted by Crippen LogP contribution is 2.29. The van der Waals surface area contributed by atoms with Gasteiger partial charge in [-0.3, -0.25) is 4.79 Å². The number of amides is 1. The summed E-state index contributed by atoms with van der Waals surface area (Å²) in [5, 5.41) is 13.5. The number of rotatable bonds is 3. The van der Waals surface area contributed by atoms with Crippen LogP contribution in [0.1, 0.15) is 21.5 Å². The van der Waals surface area contributed by atoms with Crippen molar-refractivity contribution in [2.75, 3.05) is 6.54 Å². The first-order chi connectivity index (χ1) is 10.1. The van der Waals surface area contributed by atoms with E-state index in [2.05, 4.69) is 21.2 Å². The van der Waals surface area contributed by atoms with E-state index in [1.54, 1.807) is 6.07 Å². The van der Waals surface area contributed by atoms with Crippen LogP contribution in [0.5, 0.6) is 0 Å². The van der Waals surface area contributed by atoms with Crippen LogP contribution in [0.15, 0.2) is 53.0 Å². The quantitative estimate of drug-likeness (QED) is 0.898. The molecule has 2 aromatic rings. The van der Waals surface area contributed by atoms with E-state index < -0.39 is 5.60 Å². The molecule has 0 spiro atoms. The summed E-state index contributed by atoms with van der Waals surface area (Å²) in [4.78, 5) is 12.2. The van der Waals surface area contributed by atoms with Gasteiger partial charge in [0.1, 0.15) is 0 Å². The van der Waals surface area contributed by atoms with Crippen molar-refractivity contribution in [3.63, 3.8) is 0 Å². The number of hydrogen-bond donors (Lipinski definition) is 2. The van der Waals surface area contributed by atoms with Crippen molar-refractivity contribution in [2.24, 2.45) is 0 Å². The molecule has 3 nitrogen and oxygen atoms in total. The van der Waals surface area contributed by atoms with Gasteiger partial charge in [0.2, 0.25) is 0 Å². The van der Waals surface area contributed by atoms with E-state index in [1.807, 2.05) is 42.5 Å². The van der Waals surface area contributed by atoms with Crippen LogP contribution in [0.4, 0.5) is 0 Å². The number of carbonyl (C=O) groups is 1. The average molecular weight is 346 g/mol. The molecule has 0 aliphatic heterocycles. The smallest absolute Gasteiger partial charge is 0.252 e. The molecule has 0 fully saturated rings. The van der Waals surface area contributed by atoms with Crippen molar-refractivity contribution in [3.8, 4) is 0 Å². The summed E-state index contributed by atoms with van der Waals surface area (Å²) in [7, 11) is 0. The lowest BCUT2D eigenvalue weighted by Crippen LogP contribution is -2.43. The molecular weight excluding hydrogens is 330 g/mol. The Bertz CT molecular complexity index is 659. The SMILES string of the molecule is O=C(NCC1(O)Cc2ccccc2C1)c1ccccc1Br. The summed E-state index contributed by atoms with van der Waals surface area (Å²) >= 11 is 3.36. The molecule has 0 saturated heterocycles. The molecule has 1 amide bonds. The molecule has 0 saturated carbocycles. The number of halogens is 1. The van der Waals surface area contributed by atoms with Crippen molar-refractivity contribution in [3.05, 3.63) is 69.7 Å². The standard InChI is InChI=1S/C17H16BrNO2/c18-15-8-4-3-7-14(15)16(20)19-11-17(21)9-12-5-1-2-6-13(12)10-17/h1-8,21H,9-11H2,(H,19,20). The second-order valence-corrected chi connectivity index (χ2v) is 6.36. The van der Waals surface area contributed by atoms with E-state index in [4.69, 9.17) is 0 Å². The molecule has 0 aromatic heterocycles. The van der Waals surface area contributed by atoms with Gasteiger partial charge in [0, 0.05) is 23.9 Å². The van der Waals surface area contributed by atoms with Crippen molar-refractivity contribution in [2.45, 2.75) is 18.4 Å². The maximum atomic E-state index is 12.2. The van der Waals surface area contributed by atoms with Crippen LogP contribution in [-0.4, -0.2) is 23.2 Å². The number of fused-ring (bicyclic) bond motifs is 1. The van der Waals surface area contributed by atoms with Crippen molar-refractivity contribution in [1.82, 2.24) is 5.32 Å². The molecule has 1 aliphatic carbocycles. The zero-order chi connectivity index (χ0) is 14.9. The zero-order valence-corrected chi connectivity index (χ0v) is 13.1. The van der Waals surface area contributed by atoms with Gasteiger partial charge in [-0.25, -0.2) is 0 Å². The number of aliphatic hydroxyl groups is 1. The van der Waals surface area contributed by atoms with E-state index in [0.717, 1.165) is 15.6 Å².